The second-order valence-electron chi connectivity index (χ2n) is 4.96. The Morgan fingerprint density at radius 3 is 1.77 bits per heavy atom. The largest absolute Gasteiger partial charge is 0.442 e. The highest BCUT2D eigenvalue weighted by molar-refractivity contribution is 5.67. The van der Waals surface area contributed by atoms with Crippen LogP contribution in [0.5, 0.6) is 0 Å². The van der Waals surface area contributed by atoms with Gasteiger partial charge in [-0.1, -0.05) is 0 Å². The van der Waals surface area contributed by atoms with E-state index in [0.717, 1.165) is 0 Å². The summed E-state index contributed by atoms with van der Waals surface area (Å²) in [5.74, 6) is 0. The van der Waals surface area contributed by atoms with Crippen LogP contribution < -0.4 is 0 Å². The molecule has 1 N–H and O–H groups in total. The normalized spacial score (nSPS) is 12.5. The summed E-state index contributed by atoms with van der Waals surface area (Å²) < 4.78 is 4.96. The molecule has 78 valence electrons. The zero-order valence-electron chi connectivity index (χ0n) is 9.21. The van der Waals surface area contributed by atoms with Crippen LogP contribution in [0.2, 0.25) is 0 Å². The molecular formula is C9H19NO3. The van der Waals surface area contributed by atoms with Gasteiger partial charge in [-0.25, -0.2) is 4.79 Å². The molecule has 0 radical (unpaired) electrons. The lowest BCUT2D eigenvalue weighted by atomic mass is 10.1. The van der Waals surface area contributed by atoms with E-state index in [4.69, 9.17) is 4.74 Å². The van der Waals surface area contributed by atoms with Gasteiger partial charge in [0, 0.05) is 0 Å². The van der Waals surface area contributed by atoms with Gasteiger partial charge in [0.1, 0.15) is 5.60 Å². The zero-order valence-corrected chi connectivity index (χ0v) is 9.21. The van der Waals surface area contributed by atoms with E-state index in [1.54, 1.807) is 41.5 Å². The van der Waals surface area contributed by atoms with E-state index >= 15 is 0 Å². The summed E-state index contributed by atoms with van der Waals surface area (Å²) in [5, 5.41) is 9.97. The van der Waals surface area contributed by atoms with Crippen molar-refractivity contribution in [2.24, 2.45) is 0 Å². The Labute approximate surface area is 79.4 Å². The van der Waals surface area contributed by atoms with Crippen LogP contribution in [0.3, 0.4) is 0 Å². The van der Waals surface area contributed by atoms with Crippen molar-refractivity contribution in [3.63, 3.8) is 0 Å². The van der Waals surface area contributed by atoms with Crippen LogP contribution in [0.25, 0.3) is 0 Å². The zero-order chi connectivity index (χ0) is 10.9. The Morgan fingerprint density at radius 1 is 1.15 bits per heavy atom. The first-order chi connectivity index (χ1) is 5.54. The number of hydroxylamine groups is 2. The molecule has 0 saturated heterocycles. The van der Waals surface area contributed by atoms with Crippen LogP contribution in [-0.4, -0.2) is 27.5 Å². The van der Waals surface area contributed by atoms with E-state index in [-0.39, 0.29) is 0 Å². The number of rotatable bonds is 0. The molecule has 0 unspecified atom stereocenters. The van der Waals surface area contributed by atoms with Gasteiger partial charge >= 0.3 is 6.09 Å². The van der Waals surface area contributed by atoms with Crippen LogP contribution >= 0.6 is 0 Å². The standard InChI is InChI=1S/C9H19NO3/c1-8(2,3)10(12)7(11)13-9(4,5)6/h12H,1-6H3. The van der Waals surface area contributed by atoms with Crippen molar-refractivity contribution in [1.82, 2.24) is 5.06 Å². The maximum atomic E-state index is 11.3. The van der Waals surface area contributed by atoms with Crippen molar-refractivity contribution < 1.29 is 14.7 Å². The van der Waals surface area contributed by atoms with E-state index < -0.39 is 17.2 Å². The molecule has 0 heterocycles. The Hall–Kier alpha value is -0.770. The third-order valence-electron chi connectivity index (χ3n) is 1.20. The molecule has 0 aliphatic rings. The van der Waals surface area contributed by atoms with E-state index in [9.17, 15) is 10.0 Å². The molecule has 4 heteroatoms. The molecule has 0 rings (SSSR count). The summed E-state index contributed by atoms with van der Waals surface area (Å²) in [4.78, 5) is 11.3. The number of carbonyl (C=O) groups excluding carboxylic acids is 1. The summed E-state index contributed by atoms with van der Waals surface area (Å²) in [6, 6.07) is 0. The third kappa shape index (κ3) is 4.72. The van der Waals surface area contributed by atoms with E-state index in [1.807, 2.05) is 0 Å². The highest BCUT2D eigenvalue weighted by Gasteiger charge is 2.29. The lowest BCUT2D eigenvalue weighted by Crippen LogP contribution is -2.45. The SMILES string of the molecule is CC(C)(C)OC(=O)N(O)C(C)(C)C. The van der Waals surface area contributed by atoms with Crippen molar-refractivity contribution >= 4 is 6.09 Å². The van der Waals surface area contributed by atoms with Gasteiger partial charge in [0.2, 0.25) is 0 Å². The number of hydrogen-bond acceptors (Lipinski definition) is 3. The molecule has 0 saturated carbocycles. The fraction of sp³-hybridized carbons (Fsp3) is 0.889. The van der Waals surface area contributed by atoms with Gasteiger partial charge in [0.25, 0.3) is 0 Å². The van der Waals surface area contributed by atoms with Gasteiger partial charge in [-0.3, -0.25) is 5.21 Å². The fourth-order valence-corrected chi connectivity index (χ4v) is 0.579. The summed E-state index contributed by atoms with van der Waals surface area (Å²) in [5.41, 5.74) is -1.22. The van der Waals surface area contributed by atoms with Crippen molar-refractivity contribution in [1.29, 1.82) is 0 Å². The summed E-state index contributed by atoms with van der Waals surface area (Å²) in [6.07, 6.45) is -0.722. The molecule has 0 fully saturated rings. The first kappa shape index (κ1) is 12.2. The molecule has 0 atom stereocenters. The minimum Gasteiger partial charge on any atom is -0.442 e. The molecule has 0 aliphatic heterocycles. The minimum atomic E-state index is -0.722. The summed E-state index contributed by atoms with van der Waals surface area (Å²) in [7, 11) is 0. The molecule has 0 aromatic carbocycles. The van der Waals surface area contributed by atoms with E-state index in [0.29, 0.717) is 5.06 Å². The van der Waals surface area contributed by atoms with Gasteiger partial charge in [-0.15, -0.1) is 0 Å². The molecule has 0 bridgehead atoms. The quantitative estimate of drug-likeness (QED) is 0.470. The van der Waals surface area contributed by atoms with Crippen LogP contribution in [0, 0.1) is 0 Å². The van der Waals surface area contributed by atoms with E-state index in [1.165, 1.54) is 0 Å². The topological polar surface area (TPSA) is 49.8 Å². The molecule has 13 heavy (non-hydrogen) atoms. The van der Waals surface area contributed by atoms with Gasteiger partial charge in [0.05, 0.1) is 5.54 Å². The highest BCUT2D eigenvalue weighted by atomic mass is 16.6. The fourth-order valence-electron chi connectivity index (χ4n) is 0.579. The van der Waals surface area contributed by atoms with Crippen LogP contribution in [0.4, 0.5) is 4.79 Å². The van der Waals surface area contributed by atoms with Gasteiger partial charge in [-0.2, -0.15) is 5.06 Å². The van der Waals surface area contributed by atoms with Gasteiger partial charge < -0.3 is 4.74 Å². The monoisotopic (exact) mass is 189 g/mol. The number of carbonyl (C=O) groups is 1. The Kier molecular flexibility index (Phi) is 3.33. The van der Waals surface area contributed by atoms with Gasteiger partial charge in [-0.05, 0) is 41.5 Å². The summed E-state index contributed by atoms with van der Waals surface area (Å²) in [6.45, 7) is 10.4. The van der Waals surface area contributed by atoms with Gasteiger partial charge in [0.15, 0.2) is 0 Å². The Bertz CT molecular complexity index is 188. The second-order valence-corrected chi connectivity index (χ2v) is 4.96. The molecule has 0 aliphatic carbocycles. The lowest BCUT2D eigenvalue weighted by molar-refractivity contribution is -0.142. The van der Waals surface area contributed by atoms with Crippen LogP contribution in [0.1, 0.15) is 41.5 Å². The Morgan fingerprint density at radius 2 is 1.54 bits per heavy atom. The highest BCUT2D eigenvalue weighted by Crippen LogP contribution is 2.15. The average molecular weight is 189 g/mol. The second kappa shape index (κ2) is 3.54. The average Bonchev–Trinajstić information content (AvgIpc) is 1.79. The van der Waals surface area contributed by atoms with Crippen molar-refractivity contribution in [2.45, 2.75) is 52.7 Å². The first-order valence-corrected chi connectivity index (χ1v) is 4.26. The lowest BCUT2D eigenvalue weighted by Gasteiger charge is -2.31. The minimum absolute atomic E-state index is 0.580. The van der Waals surface area contributed by atoms with Crippen LogP contribution in [-0.2, 0) is 4.74 Å². The molecule has 4 nitrogen and oxygen atoms in total. The predicted molar refractivity (Wildman–Crippen MR) is 49.6 cm³/mol. The molecule has 0 spiro atoms. The van der Waals surface area contributed by atoms with Crippen LogP contribution in [0.15, 0.2) is 0 Å². The predicted octanol–water partition coefficient (Wildman–Crippen LogP) is 2.41. The maximum Gasteiger partial charge on any atom is 0.434 e. The van der Waals surface area contributed by atoms with Crippen molar-refractivity contribution in [3.05, 3.63) is 0 Å². The van der Waals surface area contributed by atoms with Crippen molar-refractivity contribution in [3.8, 4) is 0 Å². The Balaban J connectivity index is 4.30. The molecule has 0 aromatic rings. The maximum absolute atomic E-state index is 11.3. The number of nitrogens with zero attached hydrogens (tertiary/aromatic N) is 1. The smallest absolute Gasteiger partial charge is 0.434 e. The summed E-state index contributed by atoms with van der Waals surface area (Å²) >= 11 is 0. The number of amides is 1. The molecule has 0 aromatic heterocycles. The van der Waals surface area contributed by atoms with Crippen molar-refractivity contribution in [2.75, 3.05) is 0 Å². The number of ether oxygens (including phenoxy) is 1. The molecular weight excluding hydrogens is 170 g/mol. The van der Waals surface area contributed by atoms with E-state index in [2.05, 4.69) is 0 Å². The molecule has 1 amide bonds. The third-order valence-corrected chi connectivity index (χ3v) is 1.20. The number of hydrogen-bond donors (Lipinski definition) is 1. The first-order valence-electron chi connectivity index (χ1n) is 4.26.